The van der Waals surface area contributed by atoms with Crippen LogP contribution in [0.15, 0.2) is 53.7 Å². The number of benzene rings is 2. The lowest BCUT2D eigenvalue weighted by molar-refractivity contribution is -0.140. The second-order valence-corrected chi connectivity index (χ2v) is 9.13. The molecule has 4 rings (SSSR count). The molecule has 2 atom stereocenters. The summed E-state index contributed by atoms with van der Waals surface area (Å²) in [6.45, 7) is 9.39. The molecule has 1 amide bonds. The second kappa shape index (κ2) is 9.24. The third kappa shape index (κ3) is 4.99. The number of rotatable bonds is 5. The summed E-state index contributed by atoms with van der Waals surface area (Å²) in [5.41, 5.74) is 4.36. The Hall–Kier alpha value is -2.64. The average Bonchev–Trinajstić information content (AvgIpc) is 3.16. The molecule has 0 N–H and O–H groups in total. The summed E-state index contributed by atoms with van der Waals surface area (Å²) in [5, 5.41) is 9.63. The van der Waals surface area contributed by atoms with Gasteiger partial charge in [-0.05, 0) is 39.8 Å². The molecule has 0 radical (unpaired) electrons. The van der Waals surface area contributed by atoms with Crippen LogP contribution in [0.4, 0.5) is 0 Å². The molecule has 2 unspecified atom stereocenters. The van der Waals surface area contributed by atoms with Crippen molar-refractivity contribution in [2.45, 2.75) is 45.1 Å². The lowest BCUT2D eigenvalue weighted by atomic mass is 10.1. The number of aromatic nitrogens is 3. The summed E-state index contributed by atoms with van der Waals surface area (Å²) >= 11 is 1.43. The van der Waals surface area contributed by atoms with Gasteiger partial charge in [-0.25, -0.2) is 0 Å². The van der Waals surface area contributed by atoms with E-state index in [4.69, 9.17) is 4.74 Å². The SMILES string of the molecule is Cc1ccc(-c2nnc(SCC(=O)N3CC(C)OC(C)C3)n2-c2ccc(C)cc2)cc1. The van der Waals surface area contributed by atoms with Gasteiger partial charge in [-0.1, -0.05) is 59.3 Å². The zero-order valence-corrected chi connectivity index (χ0v) is 19.2. The van der Waals surface area contributed by atoms with Gasteiger partial charge in [-0.3, -0.25) is 9.36 Å². The molecule has 1 aromatic heterocycles. The predicted molar refractivity (Wildman–Crippen MR) is 124 cm³/mol. The average molecular weight is 437 g/mol. The van der Waals surface area contributed by atoms with E-state index >= 15 is 0 Å². The van der Waals surface area contributed by atoms with Crippen LogP contribution in [0, 0.1) is 13.8 Å². The number of nitrogens with zero attached hydrogens (tertiary/aromatic N) is 4. The fraction of sp³-hybridized carbons (Fsp3) is 0.375. The summed E-state index contributed by atoms with van der Waals surface area (Å²) in [5.74, 6) is 1.19. The molecule has 7 heteroatoms. The molecule has 0 bridgehead atoms. The molecule has 1 aliphatic rings. The largest absolute Gasteiger partial charge is 0.372 e. The molecule has 1 saturated heterocycles. The third-order valence-corrected chi connectivity index (χ3v) is 6.25. The maximum Gasteiger partial charge on any atom is 0.233 e. The lowest BCUT2D eigenvalue weighted by Gasteiger charge is -2.35. The van der Waals surface area contributed by atoms with Gasteiger partial charge < -0.3 is 9.64 Å². The van der Waals surface area contributed by atoms with Crippen LogP contribution < -0.4 is 0 Å². The Morgan fingerprint density at radius 3 is 2.16 bits per heavy atom. The van der Waals surface area contributed by atoms with Crippen molar-refractivity contribution >= 4 is 17.7 Å². The fourth-order valence-electron chi connectivity index (χ4n) is 3.78. The van der Waals surface area contributed by atoms with Crippen molar-refractivity contribution in [2.75, 3.05) is 18.8 Å². The van der Waals surface area contributed by atoms with Gasteiger partial charge >= 0.3 is 0 Å². The number of carbonyl (C=O) groups excluding carboxylic acids is 1. The maximum atomic E-state index is 12.9. The Morgan fingerprint density at radius 1 is 0.968 bits per heavy atom. The number of carbonyl (C=O) groups is 1. The summed E-state index contributed by atoms with van der Waals surface area (Å²) in [6, 6.07) is 16.5. The van der Waals surface area contributed by atoms with Crippen molar-refractivity contribution in [1.29, 1.82) is 0 Å². The van der Waals surface area contributed by atoms with E-state index in [1.165, 1.54) is 22.9 Å². The first-order chi connectivity index (χ1) is 14.9. The zero-order chi connectivity index (χ0) is 22.0. The van der Waals surface area contributed by atoms with Crippen molar-refractivity contribution < 1.29 is 9.53 Å². The van der Waals surface area contributed by atoms with Gasteiger partial charge in [0.2, 0.25) is 5.91 Å². The van der Waals surface area contributed by atoms with Gasteiger partial charge in [-0.2, -0.15) is 0 Å². The first-order valence-electron chi connectivity index (χ1n) is 10.6. The minimum Gasteiger partial charge on any atom is -0.372 e. The van der Waals surface area contributed by atoms with Crippen LogP contribution in [0.25, 0.3) is 17.1 Å². The molecule has 6 nitrogen and oxygen atoms in total. The van der Waals surface area contributed by atoms with E-state index < -0.39 is 0 Å². The summed E-state index contributed by atoms with van der Waals surface area (Å²) in [4.78, 5) is 14.7. The van der Waals surface area contributed by atoms with Gasteiger partial charge in [0.25, 0.3) is 0 Å². The highest BCUT2D eigenvalue weighted by Gasteiger charge is 2.26. The minimum atomic E-state index is 0.0575. The highest BCUT2D eigenvalue weighted by atomic mass is 32.2. The van der Waals surface area contributed by atoms with Crippen LogP contribution in [-0.4, -0.2) is 56.6 Å². The van der Waals surface area contributed by atoms with Crippen molar-refractivity contribution in [1.82, 2.24) is 19.7 Å². The lowest BCUT2D eigenvalue weighted by Crippen LogP contribution is -2.48. The number of hydrogen-bond acceptors (Lipinski definition) is 5. The van der Waals surface area contributed by atoms with Crippen LogP contribution in [-0.2, 0) is 9.53 Å². The van der Waals surface area contributed by atoms with E-state index in [0.29, 0.717) is 24.0 Å². The molecule has 2 heterocycles. The summed E-state index contributed by atoms with van der Waals surface area (Å²) in [6.07, 6.45) is 0.115. The highest BCUT2D eigenvalue weighted by Crippen LogP contribution is 2.29. The quantitative estimate of drug-likeness (QED) is 0.559. The Balaban J connectivity index is 1.60. The van der Waals surface area contributed by atoms with E-state index in [9.17, 15) is 4.79 Å². The van der Waals surface area contributed by atoms with Crippen LogP contribution in [0.5, 0.6) is 0 Å². The normalized spacial score (nSPS) is 18.9. The Kier molecular flexibility index (Phi) is 6.43. The van der Waals surface area contributed by atoms with Crippen LogP contribution >= 0.6 is 11.8 Å². The number of ether oxygens (including phenoxy) is 1. The van der Waals surface area contributed by atoms with Crippen molar-refractivity contribution in [3.8, 4) is 17.1 Å². The van der Waals surface area contributed by atoms with Gasteiger partial charge in [0.15, 0.2) is 11.0 Å². The van der Waals surface area contributed by atoms with E-state index in [2.05, 4.69) is 72.6 Å². The number of thioether (sulfide) groups is 1. The second-order valence-electron chi connectivity index (χ2n) is 8.19. The molecule has 0 aliphatic carbocycles. The molecule has 3 aromatic rings. The molecular weight excluding hydrogens is 408 g/mol. The van der Waals surface area contributed by atoms with Crippen molar-refractivity contribution in [2.24, 2.45) is 0 Å². The Labute approximate surface area is 187 Å². The standard InChI is InChI=1S/C24H28N4O2S/c1-16-5-9-20(10-6-16)23-25-26-24(28(23)21-11-7-17(2)8-12-21)31-15-22(29)27-13-18(3)30-19(4)14-27/h5-12,18-19H,13-15H2,1-4H3. The van der Waals surface area contributed by atoms with E-state index in [-0.39, 0.29) is 18.1 Å². The van der Waals surface area contributed by atoms with Gasteiger partial charge in [0.05, 0.1) is 18.0 Å². The molecular formula is C24H28N4O2S. The summed E-state index contributed by atoms with van der Waals surface area (Å²) in [7, 11) is 0. The molecule has 0 spiro atoms. The third-order valence-electron chi connectivity index (χ3n) is 5.33. The molecule has 2 aromatic carbocycles. The first kappa shape index (κ1) is 21.6. The van der Waals surface area contributed by atoms with Crippen LogP contribution in [0.1, 0.15) is 25.0 Å². The number of amides is 1. The zero-order valence-electron chi connectivity index (χ0n) is 18.4. The van der Waals surface area contributed by atoms with E-state index in [1.807, 2.05) is 23.3 Å². The fourth-order valence-corrected chi connectivity index (χ4v) is 4.63. The molecule has 1 aliphatic heterocycles. The number of hydrogen-bond donors (Lipinski definition) is 0. The Morgan fingerprint density at radius 2 is 1.55 bits per heavy atom. The number of morpholine rings is 1. The minimum absolute atomic E-state index is 0.0575. The van der Waals surface area contributed by atoms with Gasteiger partial charge in [0, 0.05) is 24.3 Å². The predicted octanol–water partition coefficient (Wildman–Crippen LogP) is 4.28. The summed E-state index contributed by atoms with van der Waals surface area (Å²) < 4.78 is 7.78. The maximum absolute atomic E-state index is 12.9. The van der Waals surface area contributed by atoms with E-state index in [1.54, 1.807) is 0 Å². The highest BCUT2D eigenvalue weighted by molar-refractivity contribution is 7.99. The molecule has 0 saturated carbocycles. The van der Waals surface area contributed by atoms with Gasteiger partial charge in [-0.15, -0.1) is 10.2 Å². The Bertz CT molecular complexity index is 1040. The molecule has 1 fully saturated rings. The van der Waals surface area contributed by atoms with Crippen LogP contribution in [0.2, 0.25) is 0 Å². The van der Waals surface area contributed by atoms with E-state index in [0.717, 1.165) is 17.1 Å². The van der Waals surface area contributed by atoms with Crippen LogP contribution in [0.3, 0.4) is 0 Å². The number of aryl methyl sites for hydroxylation is 2. The molecule has 162 valence electrons. The first-order valence-corrected chi connectivity index (χ1v) is 11.5. The van der Waals surface area contributed by atoms with Crippen molar-refractivity contribution in [3.63, 3.8) is 0 Å². The smallest absolute Gasteiger partial charge is 0.233 e. The van der Waals surface area contributed by atoms with Gasteiger partial charge in [0.1, 0.15) is 0 Å². The monoisotopic (exact) mass is 436 g/mol. The van der Waals surface area contributed by atoms with Crippen molar-refractivity contribution in [3.05, 3.63) is 59.7 Å². The topological polar surface area (TPSA) is 60.3 Å². The molecule has 31 heavy (non-hydrogen) atoms.